The van der Waals surface area contributed by atoms with Crippen LogP contribution in [0.4, 0.5) is 10.5 Å². The number of rotatable bonds is 6. The van der Waals surface area contributed by atoms with Crippen LogP contribution in [0.3, 0.4) is 0 Å². The van der Waals surface area contributed by atoms with E-state index in [1.807, 2.05) is 0 Å². The van der Waals surface area contributed by atoms with Gasteiger partial charge in [0.15, 0.2) is 5.75 Å². The summed E-state index contributed by atoms with van der Waals surface area (Å²) in [6, 6.07) is 5.24. The first-order chi connectivity index (χ1) is 14.4. The first-order valence-corrected chi connectivity index (χ1v) is 8.95. The van der Waals surface area contributed by atoms with Crippen LogP contribution >= 0.6 is 23.2 Å². The fourth-order valence-corrected chi connectivity index (χ4v) is 2.69. The quantitative estimate of drug-likeness (QED) is 0.312. The molecule has 14 heteroatoms. The van der Waals surface area contributed by atoms with Crippen LogP contribution in [-0.2, 0) is 10.4 Å². The molecule has 0 saturated heterocycles. The molecule has 0 fully saturated rings. The van der Waals surface area contributed by atoms with Crippen molar-refractivity contribution in [2.75, 3.05) is 5.43 Å². The molecule has 2 rings (SSSR count). The molecule has 1 aromatic carbocycles. The van der Waals surface area contributed by atoms with Crippen molar-refractivity contribution in [1.29, 1.82) is 5.26 Å². The van der Waals surface area contributed by atoms with E-state index >= 15 is 0 Å². The smallest absolute Gasteiger partial charge is 0.411 e. The summed E-state index contributed by atoms with van der Waals surface area (Å²) in [6.45, 7) is 2.82. The molecule has 1 heterocycles. The standard InChI is InChI=1S/C17H14Cl2N6O6/c1-17(2,30)8-5-12(24-25-14(8)26)31-13-9(18)3-7(4-10(13)19)22-23-11(6-20)15(27)21-16(28)29/h3-5,22,30H,1-2H3,(H,21,27)(H,25,26)(H,28,29). The first kappa shape index (κ1) is 23.6. The molecule has 0 saturated carbocycles. The predicted molar refractivity (Wildman–Crippen MR) is 109 cm³/mol. The number of carbonyl (C=O) groups is 2. The van der Waals surface area contributed by atoms with Gasteiger partial charge < -0.3 is 14.9 Å². The number of amides is 2. The SMILES string of the molecule is CC(C)(O)c1cc(Oc2c(Cl)cc(NN=C(C#N)C(=O)NC(=O)O)cc2Cl)n[nH]c1=O. The van der Waals surface area contributed by atoms with Crippen molar-refractivity contribution in [3.8, 4) is 17.7 Å². The molecule has 5 N–H and O–H groups in total. The van der Waals surface area contributed by atoms with Crippen LogP contribution in [0.25, 0.3) is 0 Å². The van der Waals surface area contributed by atoms with Crippen LogP contribution in [0.1, 0.15) is 19.4 Å². The van der Waals surface area contributed by atoms with Crippen LogP contribution in [0, 0.1) is 11.3 Å². The monoisotopic (exact) mass is 468 g/mol. The summed E-state index contributed by atoms with van der Waals surface area (Å²) >= 11 is 12.3. The molecule has 162 valence electrons. The molecule has 2 amide bonds. The third-order valence-corrected chi connectivity index (χ3v) is 4.04. The Morgan fingerprint density at radius 1 is 1.29 bits per heavy atom. The zero-order valence-corrected chi connectivity index (χ0v) is 17.4. The Hall–Kier alpha value is -3.66. The van der Waals surface area contributed by atoms with Gasteiger partial charge in [-0.25, -0.2) is 9.89 Å². The van der Waals surface area contributed by atoms with Gasteiger partial charge in [0.1, 0.15) is 6.07 Å². The summed E-state index contributed by atoms with van der Waals surface area (Å²) < 4.78 is 5.51. The van der Waals surface area contributed by atoms with E-state index in [2.05, 4.69) is 20.7 Å². The summed E-state index contributed by atoms with van der Waals surface area (Å²) in [5.41, 5.74) is -0.324. The number of aliphatic hydroxyl groups is 1. The highest BCUT2D eigenvalue weighted by Gasteiger charge is 2.22. The predicted octanol–water partition coefficient (Wildman–Crippen LogP) is 2.18. The number of hydrazone groups is 1. The number of imide groups is 1. The minimum Gasteiger partial charge on any atom is -0.465 e. The van der Waals surface area contributed by atoms with Gasteiger partial charge in [-0.1, -0.05) is 23.2 Å². The average molecular weight is 469 g/mol. The van der Waals surface area contributed by atoms with Crippen LogP contribution in [0.5, 0.6) is 11.6 Å². The molecule has 0 radical (unpaired) electrons. The molecule has 2 aromatic rings. The van der Waals surface area contributed by atoms with Crippen LogP contribution < -0.4 is 21.0 Å². The molecule has 0 aliphatic carbocycles. The van der Waals surface area contributed by atoms with Crippen molar-refractivity contribution in [3.05, 3.63) is 44.2 Å². The number of benzene rings is 1. The van der Waals surface area contributed by atoms with Crippen molar-refractivity contribution < 1.29 is 24.5 Å². The van der Waals surface area contributed by atoms with E-state index in [4.69, 9.17) is 38.3 Å². The minimum atomic E-state index is -1.65. The Kier molecular flexibility index (Phi) is 7.19. The van der Waals surface area contributed by atoms with Gasteiger partial charge in [0.05, 0.1) is 26.9 Å². The number of nitrogens with one attached hydrogen (secondary N) is 3. The summed E-state index contributed by atoms with van der Waals surface area (Å²) in [5.74, 6) is -1.37. The van der Waals surface area contributed by atoms with Crippen LogP contribution in [0.15, 0.2) is 28.1 Å². The number of nitrogens with zero attached hydrogens (tertiary/aromatic N) is 3. The number of halogens is 2. The van der Waals surface area contributed by atoms with E-state index in [1.54, 1.807) is 0 Å². The number of hydrogen-bond donors (Lipinski definition) is 5. The highest BCUT2D eigenvalue weighted by Crippen LogP contribution is 2.38. The van der Waals surface area contributed by atoms with Gasteiger partial charge in [0, 0.05) is 6.07 Å². The second-order valence-electron chi connectivity index (χ2n) is 6.32. The molecule has 0 unspecified atom stereocenters. The lowest BCUT2D eigenvalue weighted by Crippen LogP contribution is -2.34. The lowest BCUT2D eigenvalue weighted by Gasteiger charge is -2.17. The molecule has 0 atom stereocenters. The Labute approximate surface area is 184 Å². The van der Waals surface area contributed by atoms with E-state index in [9.17, 15) is 19.5 Å². The van der Waals surface area contributed by atoms with Gasteiger partial charge in [-0.2, -0.15) is 10.4 Å². The average Bonchev–Trinajstić information content (AvgIpc) is 2.65. The Morgan fingerprint density at radius 3 is 2.42 bits per heavy atom. The fourth-order valence-electron chi connectivity index (χ4n) is 2.12. The lowest BCUT2D eigenvalue weighted by molar-refractivity contribution is -0.114. The third-order valence-electron chi connectivity index (χ3n) is 3.48. The number of ether oxygens (including phenoxy) is 1. The zero-order valence-electron chi connectivity index (χ0n) is 15.9. The molecule has 0 bridgehead atoms. The summed E-state index contributed by atoms with van der Waals surface area (Å²) in [6.07, 6.45) is -1.65. The molecule has 0 spiro atoms. The first-order valence-electron chi connectivity index (χ1n) is 8.20. The van der Waals surface area contributed by atoms with Crippen molar-refractivity contribution in [2.24, 2.45) is 5.10 Å². The topological polar surface area (TPSA) is 190 Å². The number of anilines is 1. The lowest BCUT2D eigenvalue weighted by atomic mass is 10.0. The van der Waals surface area contributed by atoms with Gasteiger partial charge in [-0.3, -0.25) is 20.3 Å². The number of nitriles is 1. The molecule has 0 aliphatic heterocycles. The maximum absolute atomic E-state index is 11.8. The summed E-state index contributed by atoms with van der Waals surface area (Å²) in [4.78, 5) is 33.8. The second kappa shape index (κ2) is 9.43. The van der Waals surface area contributed by atoms with Crippen molar-refractivity contribution >= 4 is 46.6 Å². The Morgan fingerprint density at radius 2 is 1.90 bits per heavy atom. The van der Waals surface area contributed by atoms with Gasteiger partial charge in [0.25, 0.3) is 11.5 Å². The maximum Gasteiger partial charge on any atom is 0.411 e. The number of H-pyrrole nitrogens is 1. The van der Waals surface area contributed by atoms with Gasteiger partial charge in [-0.05, 0) is 26.0 Å². The molecule has 1 aromatic heterocycles. The van der Waals surface area contributed by atoms with E-state index in [1.165, 1.54) is 43.4 Å². The number of carbonyl (C=O) groups excluding carboxylic acids is 1. The normalized spacial score (nSPS) is 11.4. The van der Waals surface area contributed by atoms with Gasteiger partial charge in [-0.15, -0.1) is 5.10 Å². The molecular formula is C17H14Cl2N6O6. The van der Waals surface area contributed by atoms with Crippen molar-refractivity contribution in [1.82, 2.24) is 15.5 Å². The van der Waals surface area contributed by atoms with Gasteiger partial charge in [0.2, 0.25) is 11.6 Å². The molecule has 12 nitrogen and oxygen atoms in total. The third kappa shape index (κ3) is 6.16. The van der Waals surface area contributed by atoms with Crippen LogP contribution in [0.2, 0.25) is 10.0 Å². The minimum absolute atomic E-state index is 0.000962. The number of aromatic amines is 1. The largest absolute Gasteiger partial charge is 0.465 e. The highest BCUT2D eigenvalue weighted by atomic mass is 35.5. The Balaban J connectivity index is 2.28. The number of carboxylic acid groups (broad SMARTS) is 1. The van der Waals surface area contributed by atoms with Crippen LogP contribution in [-0.4, -0.2) is 38.1 Å². The molecule has 0 aliphatic rings. The van der Waals surface area contributed by atoms with Crippen molar-refractivity contribution in [2.45, 2.75) is 19.4 Å². The summed E-state index contributed by atoms with van der Waals surface area (Å²) in [5, 5.41) is 38.3. The van der Waals surface area contributed by atoms with E-state index in [0.717, 1.165) is 0 Å². The van der Waals surface area contributed by atoms with E-state index in [0.29, 0.717) is 0 Å². The second-order valence-corrected chi connectivity index (χ2v) is 7.14. The van der Waals surface area contributed by atoms with E-state index in [-0.39, 0.29) is 32.9 Å². The number of aromatic nitrogens is 2. The Bertz CT molecular complexity index is 1140. The maximum atomic E-state index is 11.8. The number of hydrogen-bond acceptors (Lipinski definition) is 9. The van der Waals surface area contributed by atoms with Gasteiger partial charge >= 0.3 is 6.09 Å². The summed E-state index contributed by atoms with van der Waals surface area (Å²) in [7, 11) is 0. The molecular weight excluding hydrogens is 455 g/mol. The molecule has 31 heavy (non-hydrogen) atoms. The van der Waals surface area contributed by atoms with Crippen molar-refractivity contribution in [3.63, 3.8) is 0 Å². The zero-order chi connectivity index (χ0) is 23.3. The fraction of sp³-hybridized carbons (Fsp3) is 0.176. The highest BCUT2D eigenvalue weighted by molar-refractivity contribution is 6.46. The van der Waals surface area contributed by atoms with E-state index < -0.39 is 28.9 Å².